The number of fused-ring (bicyclic) bond motifs is 2. The number of anilines is 1. The van der Waals surface area contributed by atoms with Crippen molar-refractivity contribution in [1.29, 1.82) is 0 Å². The lowest BCUT2D eigenvalue weighted by atomic mass is 10.0. The first-order valence-electron chi connectivity index (χ1n) is 10.0. The number of nitrogens with zero attached hydrogens (tertiary/aromatic N) is 2. The lowest BCUT2D eigenvalue weighted by molar-refractivity contribution is 0.0980. The van der Waals surface area contributed by atoms with E-state index in [0.29, 0.717) is 22.2 Å². The number of amides is 1. The smallest absolute Gasteiger partial charge is 0.264 e. The third-order valence-corrected chi connectivity index (χ3v) is 6.29. The highest BCUT2D eigenvalue weighted by Gasteiger charge is 2.26. The Kier molecular flexibility index (Phi) is 5.25. The van der Waals surface area contributed by atoms with Crippen molar-refractivity contribution in [2.45, 2.75) is 6.54 Å². The minimum Gasteiger partial charge on any atom is -0.497 e. The number of carbonyl (C=O) groups is 1. The van der Waals surface area contributed by atoms with Crippen molar-refractivity contribution < 1.29 is 18.7 Å². The molecule has 0 aliphatic heterocycles. The number of methoxy groups -OCH3 is 2. The van der Waals surface area contributed by atoms with Crippen molar-refractivity contribution >= 4 is 43.4 Å². The van der Waals surface area contributed by atoms with Gasteiger partial charge in [0.05, 0.1) is 42.8 Å². The molecule has 0 unspecified atom stereocenters. The summed E-state index contributed by atoms with van der Waals surface area (Å²) in [7, 11) is 3.20. The van der Waals surface area contributed by atoms with Crippen LogP contribution in [-0.2, 0) is 6.54 Å². The maximum atomic E-state index is 13.8. The summed E-state index contributed by atoms with van der Waals surface area (Å²) in [6.07, 6.45) is 1.60. The van der Waals surface area contributed by atoms with Crippen LogP contribution in [-0.4, -0.2) is 25.1 Å². The van der Waals surface area contributed by atoms with Gasteiger partial charge in [-0.05, 0) is 53.2 Å². The summed E-state index contributed by atoms with van der Waals surface area (Å²) in [5, 5.41) is 2.54. The van der Waals surface area contributed by atoms with E-state index in [9.17, 15) is 4.79 Å². The zero-order valence-electron chi connectivity index (χ0n) is 17.6. The van der Waals surface area contributed by atoms with E-state index in [1.807, 2.05) is 60.7 Å². The Balaban J connectivity index is 1.62. The molecule has 5 aromatic rings. The summed E-state index contributed by atoms with van der Waals surface area (Å²) in [5.74, 6) is 1.71. The molecule has 0 spiro atoms. The van der Waals surface area contributed by atoms with Crippen LogP contribution in [0.5, 0.6) is 11.5 Å². The van der Waals surface area contributed by atoms with Gasteiger partial charge in [0.15, 0.2) is 5.13 Å². The molecule has 0 atom stereocenters. The Morgan fingerprint density at radius 1 is 1.00 bits per heavy atom. The molecular weight excluding hydrogens is 424 g/mol. The summed E-state index contributed by atoms with van der Waals surface area (Å²) in [6.45, 7) is 0.249. The molecule has 0 aliphatic rings. The van der Waals surface area contributed by atoms with Crippen molar-refractivity contribution in [2.75, 3.05) is 19.1 Å². The molecule has 0 bridgehead atoms. The van der Waals surface area contributed by atoms with Crippen molar-refractivity contribution in [3.8, 4) is 11.5 Å². The highest BCUT2D eigenvalue weighted by Crippen LogP contribution is 2.35. The van der Waals surface area contributed by atoms with E-state index in [2.05, 4.69) is 0 Å². The first-order chi connectivity index (χ1) is 15.7. The second-order valence-corrected chi connectivity index (χ2v) is 8.21. The van der Waals surface area contributed by atoms with Gasteiger partial charge in [-0.3, -0.25) is 9.69 Å². The topological polar surface area (TPSA) is 64.8 Å². The molecule has 2 heterocycles. The van der Waals surface area contributed by atoms with E-state index in [4.69, 9.17) is 18.9 Å². The van der Waals surface area contributed by atoms with Crippen LogP contribution in [0.4, 0.5) is 5.13 Å². The minimum atomic E-state index is -0.213. The maximum absolute atomic E-state index is 13.8. The lowest BCUT2D eigenvalue weighted by Gasteiger charge is -2.20. The van der Waals surface area contributed by atoms with Crippen LogP contribution in [0.2, 0.25) is 0 Å². The molecule has 5 rings (SSSR count). The van der Waals surface area contributed by atoms with Crippen LogP contribution >= 0.6 is 11.3 Å². The van der Waals surface area contributed by atoms with E-state index in [1.54, 1.807) is 31.4 Å². The van der Waals surface area contributed by atoms with E-state index < -0.39 is 0 Å². The zero-order valence-corrected chi connectivity index (χ0v) is 18.4. The summed E-state index contributed by atoms with van der Waals surface area (Å²) in [6, 6.07) is 20.9. The monoisotopic (exact) mass is 444 g/mol. The molecule has 6 nitrogen and oxygen atoms in total. The average Bonchev–Trinajstić information content (AvgIpc) is 3.50. The van der Waals surface area contributed by atoms with Crippen molar-refractivity contribution in [1.82, 2.24) is 4.98 Å². The van der Waals surface area contributed by atoms with Gasteiger partial charge in [-0.15, -0.1) is 0 Å². The van der Waals surface area contributed by atoms with Gasteiger partial charge in [0.2, 0.25) is 0 Å². The molecule has 0 aliphatic carbocycles. The molecule has 1 amide bonds. The fraction of sp³-hybridized carbons (Fsp3) is 0.120. The van der Waals surface area contributed by atoms with Gasteiger partial charge in [-0.1, -0.05) is 35.6 Å². The second kappa shape index (κ2) is 8.36. The number of hydrogen-bond donors (Lipinski definition) is 0. The van der Waals surface area contributed by atoms with E-state index in [1.165, 1.54) is 11.3 Å². The molecule has 0 saturated heterocycles. The number of benzene rings is 3. The van der Waals surface area contributed by atoms with E-state index in [0.717, 1.165) is 26.7 Å². The third-order valence-electron chi connectivity index (χ3n) is 5.25. The van der Waals surface area contributed by atoms with Crippen molar-refractivity contribution in [3.63, 3.8) is 0 Å². The highest BCUT2D eigenvalue weighted by atomic mass is 32.1. The fourth-order valence-electron chi connectivity index (χ4n) is 3.62. The number of thiazole rings is 1. The summed E-state index contributed by atoms with van der Waals surface area (Å²) in [5.41, 5.74) is 1.27. The normalized spacial score (nSPS) is 11.1. The summed E-state index contributed by atoms with van der Waals surface area (Å²) < 4.78 is 17.4. The minimum absolute atomic E-state index is 0.213. The molecule has 32 heavy (non-hydrogen) atoms. The number of hydrogen-bond acceptors (Lipinski definition) is 6. The van der Waals surface area contributed by atoms with Gasteiger partial charge in [0.25, 0.3) is 5.91 Å². The molecule has 160 valence electrons. The number of furan rings is 1. The summed E-state index contributed by atoms with van der Waals surface area (Å²) >= 11 is 1.43. The largest absolute Gasteiger partial charge is 0.497 e. The number of rotatable bonds is 6. The fourth-order valence-corrected chi connectivity index (χ4v) is 4.61. The third kappa shape index (κ3) is 3.67. The Morgan fingerprint density at radius 2 is 1.81 bits per heavy atom. The number of carbonyl (C=O) groups excluding carboxylic acids is 1. The zero-order chi connectivity index (χ0) is 22.1. The van der Waals surface area contributed by atoms with Crippen LogP contribution in [0.15, 0.2) is 77.4 Å². The van der Waals surface area contributed by atoms with Crippen LogP contribution in [0.1, 0.15) is 16.1 Å². The number of ether oxygens (including phenoxy) is 2. The molecule has 3 aromatic carbocycles. The van der Waals surface area contributed by atoms with Crippen LogP contribution < -0.4 is 14.4 Å². The van der Waals surface area contributed by atoms with Crippen LogP contribution in [0.3, 0.4) is 0 Å². The highest BCUT2D eigenvalue weighted by molar-refractivity contribution is 7.22. The van der Waals surface area contributed by atoms with E-state index >= 15 is 0 Å². The molecule has 0 N–H and O–H groups in total. The van der Waals surface area contributed by atoms with Gasteiger partial charge in [-0.2, -0.15) is 0 Å². The Morgan fingerprint density at radius 3 is 2.53 bits per heavy atom. The van der Waals surface area contributed by atoms with Crippen molar-refractivity contribution in [3.05, 3.63) is 84.3 Å². The van der Waals surface area contributed by atoms with E-state index in [-0.39, 0.29) is 12.5 Å². The van der Waals surface area contributed by atoms with Crippen LogP contribution in [0.25, 0.3) is 21.0 Å². The first-order valence-corrected chi connectivity index (χ1v) is 10.8. The van der Waals surface area contributed by atoms with Crippen molar-refractivity contribution in [2.24, 2.45) is 0 Å². The Labute approximate surface area is 188 Å². The molecule has 0 saturated carbocycles. The van der Waals surface area contributed by atoms with Gasteiger partial charge < -0.3 is 13.9 Å². The predicted octanol–water partition coefficient (Wildman–Crippen LogP) is 5.91. The Hall–Kier alpha value is -3.84. The molecule has 0 fully saturated rings. The molecule has 0 radical (unpaired) electrons. The molecule has 7 heteroatoms. The van der Waals surface area contributed by atoms with Gasteiger partial charge in [0.1, 0.15) is 17.3 Å². The lowest BCUT2D eigenvalue weighted by Crippen LogP contribution is -2.30. The molecular formula is C25H20N2O4S. The standard InChI is InChI=1S/C25H20N2O4S/c1-29-18-9-10-21-23(14-18)32-25(26-21)27(15-19-8-5-11-31-19)24(28)20-12-16-6-3-4-7-17(16)13-22(20)30-2/h3-14H,15H2,1-2H3. The molecule has 2 aromatic heterocycles. The summed E-state index contributed by atoms with van der Waals surface area (Å²) in [4.78, 5) is 20.2. The van der Waals surface area contributed by atoms with Gasteiger partial charge >= 0.3 is 0 Å². The first kappa shape index (κ1) is 20.1. The maximum Gasteiger partial charge on any atom is 0.264 e. The van der Waals surface area contributed by atoms with Gasteiger partial charge in [-0.25, -0.2) is 4.98 Å². The second-order valence-electron chi connectivity index (χ2n) is 7.20. The van der Waals surface area contributed by atoms with Crippen LogP contribution in [0, 0.1) is 0 Å². The Bertz CT molecular complexity index is 1410. The van der Waals surface area contributed by atoms with Gasteiger partial charge in [0, 0.05) is 0 Å². The quantitative estimate of drug-likeness (QED) is 0.326. The number of aromatic nitrogens is 1. The predicted molar refractivity (Wildman–Crippen MR) is 126 cm³/mol. The SMILES string of the molecule is COc1ccc2nc(N(Cc3ccco3)C(=O)c3cc4ccccc4cc3OC)sc2c1. The average molecular weight is 445 g/mol.